The number of aromatic nitrogens is 4. The second-order valence-corrected chi connectivity index (χ2v) is 7.29. The number of nitrogens with zero attached hydrogens (tertiary/aromatic N) is 5. The molecule has 3 aromatic rings. The van der Waals surface area contributed by atoms with E-state index in [4.69, 9.17) is 0 Å². The molecule has 0 bridgehead atoms. The van der Waals surface area contributed by atoms with E-state index in [2.05, 4.69) is 20.3 Å². The summed E-state index contributed by atoms with van der Waals surface area (Å²) in [7, 11) is 0. The number of rotatable bonds is 4. The maximum Gasteiger partial charge on any atom is 0.352 e. The number of hydrogen-bond donors (Lipinski definition) is 1. The van der Waals surface area contributed by atoms with Crippen LogP contribution in [0.25, 0.3) is 5.78 Å². The number of fused-ring (bicyclic) bond motifs is 1. The minimum absolute atomic E-state index is 0.159. The van der Waals surface area contributed by atoms with Gasteiger partial charge in [0.15, 0.2) is 0 Å². The number of carbonyl (C=O) groups is 1. The summed E-state index contributed by atoms with van der Waals surface area (Å²) in [5.41, 5.74) is 2.58. The number of hydrogen-bond acceptors (Lipinski definition) is 5. The second kappa shape index (κ2) is 7.46. The Kier molecular flexibility index (Phi) is 4.85. The molecule has 0 unspecified atom stereocenters. The SMILES string of the molecule is Cc1ccc(NC(=O)Cn2nc3nc(N4CCCCC4)ccn3c2=O)cc1C. The summed E-state index contributed by atoms with van der Waals surface area (Å²) >= 11 is 0. The Bertz CT molecular complexity index is 1080. The topological polar surface area (TPSA) is 84.5 Å². The first-order chi connectivity index (χ1) is 13.5. The van der Waals surface area contributed by atoms with E-state index >= 15 is 0 Å². The normalized spacial score (nSPS) is 14.4. The molecule has 2 aromatic heterocycles. The van der Waals surface area contributed by atoms with Gasteiger partial charge in [0.25, 0.3) is 5.78 Å². The summed E-state index contributed by atoms with van der Waals surface area (Å²) in [5.74, 6) is 0.834. The van der Waals surface area contributed by atoms with E-state index in [1.165, 1.54) is 10.8 Å². The zero-order valence-corrected chi connectivity index (χ0v) is 16.2. The molecule has 1 aliphatic rings. The fraction of sp³-hybridized carbons (Fsp3) is 0.400. The predicted molar refractivity (Wildman–Crippen MR) is 108 cm³/mol. The lowest BCUT2D eigenvalue weighted by Gasteiger charge is -2.27. The van der Waals surface area contributed by atoms with Crippen LogP contribution >= 0.6 is 0 Å². The molecule has 1 aromatic carbocycles. The van der Waals surface area contributed by atoms with Gasteiger partial charge in [0.1, 0.15) is 12.4 Å². The Morgan fingerprint density at radius 2 is 1.89 bits per heavy atom. The highest BCUT2D eigenvalue weighted by Gasteiger charge is 2.16. The molecule has 28 heavy (non-hydrogen) atoms. The molecule has 1 saturated heterocycles. The molecule has 146 valence electrons. The molecule has 0 saturated carbocycles. The smallest absolute Gasteiger partial charge is 0.352 e. The van der Waals surface area contributed by atoms with E-state index in [0.717, 1.165) is 47.6 Å². The fourth-order valence-electron chi connectivity index (χ4n) is 3.45. The molecule has 1 aliphatic heterocycles. The van der Waals surface area contributed by atoms with Crippen molar-refractivity contribution in [2.24, 2.45) is 0 Å². The van der Waals surface area contributed by atoms with E-state index in [0.29, 0.717) is 11.5 Å². The first-order valence-corrected chi connectivity index (χ1v) is 9.59. The van der Waals surface area contributed by atoms with Gasteiger partial charge in [0.05, 0.1) is 0 Å². The molecule has 0 spiro atoms. The van der Waals surface area contributed by atoms with Crippen molar-refractivity contribution in [3.63, 3.8) is 0 Å². The van der Waals surface area contributed by atoms with E-state index < -0.39 is 0 Å². The Balaban J connectivity index is 1.53. The predicted octanol–water partition coefficient (Wildman–Crippen LogP) is 2.14. The van der Waals surface area contributed by atoms with Crippen LogP contribution in [0.1, 0.15) is 30.4 Å². The van der Waals surface area contributed by atoms with Gasteiger partial charge in [-0.05, 0) is 62.4 Å². The molecular weight excluding hydrogens is 356 g/mol. The quantitative estimate of drug-likeness (QED) is 0.750. The molecular formula is C20H24N6O2. The summed E-state index contributed by atoms with van der Waals surface area (Å²) in [6, 6.07) is 7.54. The van der Waals surface area contributed by atoms with Gasteiger partial charge in [-0.3, -0.25) is 4.79 Å². The van der Waals surface area contributed by atoms with Gasteiger partial charge in [0.2, 0.25) is 5.91 Å². The van der Waals surface area contributed by atoms with Crippen LogP contribution in [0, 0.1) is 13.8 Å². The van der Waals surface area contributed by atoms with Gasteiger partial charge in [0, 0.05) is 25.0 Å². The third-order valence-corrected chi connectivity index (χ3v) is 5.20. The maximum atomic E-state index is 12.5. The van der Waals surface area contributed by atoms with Crippen molar-refractivity contribution >= 4 is 23.2 Å². The van der Waals surface area contributed by atoms with Crippen molar-refractivity contribution in [2.45, 2.75) is 39.7 Å². The van der Waals surface area contributed by atoms with Crippen LogP contribution < -0.4 is 15.9 Å². The summed E-state index contributed by atoms with van der Waals surface area (Å²) in [6.45, 7) is 5.78. The van der Waals surface area contributed by atoms with E-state index in [9.17, 15) is 9.59 Å². The largest absolute Gasteiger partial charge is 0.356 e. The molecule has 8 heteroatoms. The molecule has 8 nitrogen and oxygen atoms in total. The fourth-order valence-corrected chi connectivity index (χ4v) is 3.45. The van der Waals surface area contributed by atoms with Gasteiger partial charge >= 0.3 is 5.69 Å². The van der Waals surface area contributed by atoms with Crippen molar-refractivity contribution in [1.29, 1.82) is 0 Å². The summed E-state index contributed by atoms with van der Waals surface area (Å²) < 4.78 is 2.52. The molecule has 1 fully saturated rings. The van der Waals surface area contributed by atoms with Gasteiger partial charge in [-0.25, -0.2) is 13.9 Å². The summed E-state index contributed by atoms with van der Waals surface area (Å²) in [4.78, 5) is 31.6. The molecule has 4 rings (SSSR count). The molecule has 3 heterocycles. The van der Waals surface area contributed by atoms with Gasteiger partial charge in [-0.1, -0.05) is 6.07 Å². The highest BCUT2D eigenvalue weighted by molar-refractivity contribution is 5.90. The van der Waals surface area contributed by atoms with E-state index in [1.54, 1.807) is 6.20 Å². The second-order valence-electron chi connectivity index (χ2n) is 7.29. The van der Waals surface area contributed by atoms with E-state index in [1.807, 2.05) is 38.1 Å². The number of nitrogens with one attached hydrogen (secondary N) is 1. The Morgan fingerprint density at radius 3 is 2.64 bits per heavy atom. The van der Waals surface area contributed by atoms with Crippen LogP contribution in [0.4, 0.5) is 11.5 Å². The van der Waals surface area contributed by atoms with Crippen LogP contribution in [-0.2, 0) is 11.3 Å². The molecule has 0 aliphatic carbocycles. The highest BCUT2D eigenvalue weighted by Crippen LogP contribution is 2.17. The number of amides is 1. The highest BCUT2D eigenvalue weighted by atomic mass is 16.2. The third-order valence-electron chi connectivity index (χ3n) is 5.20. The lowest BCUT2D eigenvalue weighted by atomic mass is 10.1. The van der Waals surface area contributed by atoms with Gasteiger partial charge in [-0.15, -0.1) is 5.10 Å². The average Bonchev–Trinajstić information content (AvgIpc) is 3.00. The van der Waals surface area contributed by atoms with Crippen molar-refractivity contribution in [3.05, 3.63) is 52.1 Å². The van der Waals surface area contributed by atoms with Crippen LogP contribution in [0.2, 0.25) is 0 Å². The Morgan fingerprint density at radius 1 is 1.11 bits per heavy atom. The molecule has 0 atom stereocenters. The van der Waals surface area contributed by atoms with Gasteiger partial charge in [-0.2, -0.15) is 4.98 Å². The molecule has 0 radical (unpaired) electrons. The molecule has 1 N–H and O–H groups in total. The lowest BCUT2D eigenvalue weighted by molar-refractivity contribution is -0.117. The number of carbonyl (C=O) groups excluding carboxylic acids is 1. The zero-order valence-electron chi connectivity index (χ0n) is 16.2. The Hall–Kier alpha value is -3.16. The van der Waals surface area contributed by atoms with Crippen molar-refractivity contribution in [2.75, 3.05) is 23.3 Å². The van der Waals surface area contributed by atoms with E-state index in [-0.39, 0.29) is 18.1 Å². The summed E-state index contributed by atoms with van der Waals surface area (Å²) in [6.07, 6.45) is 5.21. The number of anilines is 2. The zero-order chi connectivity index (χ0) is 19.7. The van der Waals surface area contributed by atoms with Crippen LogP contribution in [0.5, 0.6) is 0 Å². The summed E-state index contributed by atoms with van der Waals surface area (Å²) in [5, 5.41) is 7.07. The third kappa shape index (κ3) is 3.62. The standard InChI is InChI=1S/C20H24N6O2/c1-14-6-7-16(12-15(14)2)21-18(27)13-26-20(28)25-11-8-17(22-19(25)23-26)24-9-4-3-5-10-24/h6-8,11-12H,3-5,9-10,13H2,1-2H3,(H,21,27). The lowest BCUT2D eigenvalue weighted by Crippen LogP contribution is -2.30. The van der Waals surface area contributed by atoms with Crippen molar-refractivity contribution < 1.29 is 4.79 Å². The van der Waals surface area contributed by atoms with Crippen molar-refractivity contribution in [1.82, 2.24) is 19.2 Å². The number of aryl methyl sites for hydroxylation is 2. The minimum atomic E-state index is -0.372. The van der Waals surface area contributed by atoms with Crippen LogP contribution in [0.15, 0.2) is 35.3 Å². The maximum absolute atomic E-state index is 12.5. The average molecular weight is 380 g/mol. The van der Waals surface area contributed by atoms with Gasteiger partial charge < -0.3 is 10.2 Å². The number of benzene rings is 1. The minimum Gasteiger partial charge on any atom is -0.356 e. The first kappa shape index (κ1) is 18.2. The van der Waals surface area contributed by atoms with Crippen LogP contribution in [-0.4, -0.2) is 38.2 Å². The molecule has 1 amide bonds. The first-order valence-electron chi connectivity index (χ1n) is 9.59. The van der Waals surface area contributed by atoms with Crippen LogP contribution in [0.3, 0.4) is 0 Å². The Labute approximate surface area is 162 Å². The van der Waals surface area contributed by atoms with Crippen molar-refractivity contribution in [3.8, 4) is 0 Å². The number of piperidine rings is 1. The monoisotopic (exact) mass is 380 g/mol.